The summed E-state index contributed by atoms with van der Waals surface area (Å²) in [6, 6.07) is 11.0. The molecule has 2 heterocycles. The van der Waals surface area contributed by atoms with E-state index in [0.29, 0.717) is 31.4 Å². The number of halogens is 6. The summed E-state index contributed by atoms with van der Waals surface area (Å²) in [6.45, 7) is -0.399. The van der Waals surface area contributed by atoms with E-state index in [1.165, 1.54) is 0 Å². The molecule has 0 spiro atoms. The summed E-state index contributed by atoms with van der Waals surface area (Å²) < 4.78 is 85.1. The number of hydrogen-bond donors (Lipinski definition) is 2. The fraction of sp³-hybridized carbons (Fsp3) is 0.478. The van der Waals surface area contributed by atoms with E-state index in [0.717, 1.165) is 5.56 Å². The van der Waals surface area contributed by atoms with Crippen LogP contribution in [0, 0.1) is 5.92 Å². The summed E-state index contributed by atoms with van der Waals surface area (Å²) in [7, 11) is 0. The summed E-state index contributed by atoms with van der Waals surface area (Å²) >= 11 is 0. The molecule has 0 aliphatic carbocycles. The van der Waals surface area contributed by atoms with Gasteiger partial charge in [0, 0.05) is 12.6 Å². The first-order valence-corrected chi connectivity index (χ1v) is 10.4. The smallest absolute Gasteiger partial charge is 0.396 e. The highest BCUT2D eigenvalue weighted by molar-refractivity contribution is 5.34. The van der Waals surface area contributed by atoms with E-state index in [2.05, 4.69) is 5.32 Å². The van der Waals surface area contributed by atoms with Crippen LogP contribution >= 0.6 is 0 Å². The molecule has 174 valence electrons. The van der Waals surface area contributed by atoms with Crippen LogP contribution in [0.15, 0.2) is 48.5 Å². The number of alkyl halides is 6. The number of benzene rings is 2. The molecular weight excluding hydrogens is 436 g/mol. The maximum absolute atomic E-state index is 13.2. The van der Waals surface area contributed by atoms with Crippen molar-refractivity contribution >= 4 is 0 Å². The molecule has 4 unspecified atom stereocenters. The Labute approximate surface area is 181 Å². The molecule has 9 heteroatoms. The Morgan fingerprint density at radius 3 is 2.12 bits per heavy atom. The lowest BCUT2D eigenvalue weighted by molar-refractivity contribution is -0.143. The highest BCUT2D eigenvalue weighted by Gasteiger charge is 2.54. The molecule has 2 aromatic carbocycles. The third kappa shape index (κ3) is 4.38. The van der Waals surface area contributed by atoms with Gasteiger partial charge < -0.3 is 15.2 Å². The molecule has 2 bridgehead atoms. The lowest BCUT2D eigenvalue weighted by atomic mass is 9.80. The van der Waals surface area contributed by atoms with E-state index >= 15 is 0 Å². The molecule has 4 rings (SSSR count). The minimum atomic E-state index is -4.90. The standard InChI is InChI=1S/C23H23F6NO2/c24-22(25,26)17-8-14(9-18(10-17)23(27,28)29)13-32-20-7-6-19-15(12-31)11-21(20,30-19)16-4-2-1-3-5-16/h1-5,8-10,15,19-20,30-31H,6-7,11-13H2. The molecule has 2 aliphatic heterocycles. The van der Waals surface area contributed by atoms with Crippen molar-refractivity contribution in [2.75, 3.05) is 6.61 Å². The van der Waals surface area contributed by atoms with E-state index in [1.54, 1.807) is 0 Å². The highest BCUT2D eigenvalue weighted by Crippen LogP contribution is 2.47. The molecule has 0 radical (unpaired) electrons. The molecule has 2 fully saturated rings. The first kappa shape index (κ1) is 23.1. The fourth-order valence-corrected chi connectivity index (χ4v) is 5.01. The van der Waals surface area contributed by atoms with Gasteiger partial charge in [-0.2, -0.15) is 26.3 Å². The summed E-state index contributed by atoms with van der Waals surface area (Å²) in [5.74, 6) is -0.00537. The number of piperidine rings is 1. The quantitative estimate of drug-likeness (QED) is 0.599. The molecule has 2 saturated heterocycles. The first-order valence-electron chi connectivity index (χ1n) is 10.4. The minimum Gasteiger partial charge on any atom is -0.396 e. The van der Waals surface area contributed by atoms with Crippen LogP contribution in [0.4, 0.5) is 26.3 Å². The van der Waals surface area contributed by atoms with Gasteiger partial charge in [-0.05, 0) is 54.5 Å². The average Bonchev–Trinajstić information content (AvgIpc) is 3.06. The number of hydrogen-bond acceptors (Lipinski definition) is 3. The van der Waals surface area contributed by atoms with Gasteiger partial charge in [-0.1, -0.05) is 30.3 Å². The van der Waals surface area contributed by atoms with E-state index in [4.69, 9.17) is 4.74 Å². The molecule has 0 saturated carbocycles. The Kier molecular flexibility index (Phi) is 6.02. The second-order valence-corrected chi connectivity index (χ2v) is 8.53. The zero-order chi connectivity index (χ0) is 23.1. The van der Waals surface area contributed by atoms with Crippen LogP contribution in [0.25, 0.3) is 0 Å². The largest absolute Gasteiger partial charge is 0.416 e. The van der Waals surface area contributed by atoms with Crippen molar-refractivity contribution in [2.24, 2.45) is 5.92 Å². The van der Waals surface area contributed by atoms with Gasteiger partial charge in [-0.25, -0.2) is 0 Å². The van der Waals surface area contributed by atoms with Crippen molar-refractivity contribution in [1.29, 1.82) is 0 Å². The normalized spacial score (nSPS) is 28.2. The Balaban J connectivity index is 1.63. The molecule has 0 amide bonds. The van der Waals surface area contributed by atoms with Gasteiger partial charge in [-0.3, -0.25) is 0 Å². The van der Waals surface area contributed by atoms with E-state index < -0.39 is 35.1 Å². The van der Waals surface area contributed by atoms with Gasteiger partial charge in [0.15, 0.2) is 0 Å². The summed E-state index contributed by atoms with van der Waals surface area (Å²) in [4.78, 5) is 0. The number of aliphatic hydroxyl groups excluding tert-OH is 1. The van der Waals surface area contributed by atoms with E-state index in [-0.39, 0.29) is 36.8 Å². The highest BCUT2D eigenvalue weighted by atomic mass is 19.4. The Morgan fingerprint density at radius 1 is 0.938 bits per heavy atom. The third-order valence-electron chi connectivity index (χ3n) is 6.51. The molecule has 2 aromatic rings. The Hall–Kier alpha value is -2.10. The number of aliphatic hydroxyl groups is 1. The topological polar surface area (TPSA) is 41.5 Å². The molecule has 0 aromatic heterocycles. The predicted molar refractivity (Wildman–Crippen MR) is 104 cm³/mol. The zero-order valence-corrected chi connectivity index (χ0v) is 17.0. The first-order chi connectivity index (χ1) is 15.0. The van der Waals surface area contributed by atoms with Crippen molar-refractivity contribution < 1.29 is 36.2 Å². The number of ether oxygens (including phenoxy) is 1. The monoisotopic (exact) mass is 459 g/mol. The lowest BCUT2D eigenvalue weighted by Gasteiger charge is -2.42. The molecule has 2 aliphatic rings. The molecule has 3 nitrogen and oxygen atoms in total. The number of fused-ring (bicyclic) bond motifs is 2. The average molecular weight is 459 g/mol. The maximum Gasteiger partial charge on any atom is 0.416 e. The van der Waals surface area contributed by atoms with E-state index in [9.17, 15) is 31.4 Å². The number of rotatable bonds is 5. The fourth-order valence-electron chi connectivity index (χ4n) is 5.01. The van der Waals surface area contributed by atoms with Crippen LogP contribution in [0.5, 0.6) is 0 Å². The van der Waals surface area contributed by atoms with Crippen LogP contribution in [-0.2, 0) is 29.2 Å². The molecule has 4 atom stereocenters. The van der Waals surface area contributed by atoms with Crippen LogP contribution in [0.3, 0.4) is 0 Å². The van der Waals surface area contributed by atoms with Gasteiger partial charge in [0.05, 0.1) is 29.4 Å². The predicted octanol–water partition coefficient (Wildman–Crippen LogP) is 5.27. The lowest BCUT2D eigenvalue weighted by Crippen LogP contribution is -2.54. The van der Waals surface area contributed by atoms with Gasteiger partial charge in [-0.15, -0.1) is 0 Å². The van der Waals surface area contributed by atoms with Gasteiger partial charge in [0.1, 0.15) is 0 Å². The van der Waals surface area contributed by atoms with Crippen molar-refractivity contribution in [3.05, 3.63) is 70.8 Å². The van der Waals surface area contributed by atoms with Gasteiger partial charge in [0.25, 0.3) is 0 Å². The maximum atomic E-state index is 13.2. The summed E-state index contributed by atoms with van der Waals surface area (Å²) in [6.07, 6.45) is -8.43. The van der Waals surface area contributed by atoms with Crippen LogP contribution in [0.1, 0.15) is 41.5 Å². The molecule has 2 N–H and O–H groups in total. The Morgan fingerprint density at radius 2 is 1.56 bits per heavy atom. The minimum absolute atomic E-state index is 0.00537. The number of nitrogens with one attached hydrogen (secondary N) is 1. The van der Waals surface area contributed by atoms with Crippen molar-refractivity contribution in [2.45, 2.75) is 55.9 Å². The SMILES string of the molecule is OCC1CC2(c3ccccc3)NC1CCC2OCc1cc(C(F)(F)F)cc(C(F)(F)F)c1. The van der Waals surface area contributed by atoms with Crippen LogP contribution < -0.4 is 5.32 Å². The molecular formula is C23H23F6NO2. The van der Waals surface area contributed by atoms with Crippen molar-refractivity contribution in [3.63, 3.8) is 0 Å². The Bertz CT molecular complexity index is 913. The molecule has 32 heavy (non-hydrogen) atoms. The zero-order valence-electron chi connectivity index (χ0n) is 17.0. The van der Waals surface area contributed by atoms with Crippen LogP contribution in [0.2, 0.25) is 0 Å². The summed E-state index contributed by atoms with van der Waals surface area (Å²) in [5.41, 5.74) is -2.63. The summed E-state index contributed by atoms with van der Waals surface area (Å²) in [5, 5.41) is 13.3. The van der Waals surface area contributed by atoms with E-state index in [1.807, 2.05) is 30.3 Å². The second kappa shape index (κ2) is 8.35. The van der Waals surface area contributed by atoms with Crippen molar-refractivity contribution in [1.82, 2.24) is 5.32 Å². The van der Waals surface area contributed by atoms with Gasteiger partial charge >= 0.3 is 12.4 Å². The third-order valence-corrected chi connectivity index (χ3v) is 6.51. The van der Waals surface area contributed by atoms with Crippen LogP contribution in [-0.4, -0.2) is 23.9 Å². The van der Waals surface area contributed by atoms with Gasteiger partial charge in [0.2, 0.25) is 0 Å². The second-order valence-electron chi connectivity index (χ2n) is 8.53. The van der Waals surface area contributed by atoms with Crippen molar-refractivity contribution in [3.8, 4) is 0 Å².